The van der Waals surface area contributed by atoms with Gasteiger partial charge in [-0.05, 0) is 38.2 Å². The molecule has 1 aliphatic rings. The largest absolute Gasteiger partial charge is 0.393 e. The van der Waals surface area contributed by atoms with Crippen molar-refractivity contribution in [3.8, 4) is 0 Å². The molecular weight excluding hydrogens is 388 g/mol. The van der Waals surface area contributed by atoms with E-state index in [0.717, 1.165) is 12.0 Å². The van der Waals surface area contributed by atoms with E-state index < -0.39 is 21.5 Å². The average molecular weight is 425 g/mol. The Balaban J connectivity index is 1.88. The predicted molar refractivity (Wildman–Crippen MR) is 116 cm³/mol. The summed E-state index contributed by atoms with van der Waals surface area (Å²) in [5, 5.41) is 13.3. The van der Waals surface area contributed by atoms with Crippen molar-refractivity contribution in [1.29, 1.82) is 0 Å². The number of sulfonamides is 1. The number of rotatable bonds is 10. The number of unbranched alkanes of at least 4 members (excludes halogenated alkanes) is 1. The van der Waals surface area contributed by atoms with Gasteiger partial charge in [0.25, 0.3) is 0 Å². The van der Waals surface area contributed by atoms with Crippen molar-refractivity contribution in [1.82, 2.24) is 9.62 Å². The monoisotopic (exact) mass is 424 g/mol. The summed E-state index contributed by atoms with van der Waals surface area (Å²) in [6, 6.07) is 9.95. The zero-order valence-electron chi connectivity index (χ0n) is 17.9. The second kappa shape index (κ2) is 10.5. The van der Waals surface area contributed by atoms with Crippen LogP contribution in [0.5, 0.6) is 0 Å². The van der Waals surface area contributed by atoms with E-state index in [2.05, 4.69) is 5.32 Å². The minimum absolute atomic E-state index is 0.0458. The number of nitrogens with zero attached hydrogens (tertiary/aromatic N) is 1. The third-order valence-corrected chi connectivity index (χ3v) is 8.06. The molecule has 1 saturated heterocycles. The third-order valence-electron chi connectivity index (χ3n) is 6.10. The van der Waals surface area contributed by atoms with Crippen LogP contribution in [0.25, 0.3) is 0 Å². The van der Waals surface area contributed by atoms with Gasteiger partial charge in [-0.2, -0.15) is 0 Å². The Morgan fingerprint density at radius 2 is 1.90 bits per heavy atom. The molecular formula is C22H36N2O4S. The van der Waals surface area contributed by atoms with E-state index in [1.807, 2.05) is 44.2 Å². The Bertz CT molecular complexity index is 743. The number of piperidine rings is 1. The lowest BCUT2D eigenvalue weighted by atomic mass is 9.79. The smallest absolute Gasteiger partial charge is 0.223 e. The topological polar surface area (TPSA) is 86.7 Å². The molecule has 1 heterocycles. The maximum absolute atomic E-state index is 12.7. The van der Waals surface area contributed by atoms with Crippen molar-refractivity contribution >= 4 is 15.9 Å². The number of benzene rings is 1. The van der Waals surface area contributed by atoms with E-state index in [4.69, 9.17) is 0 Å². The summed E-state index contributed by atoms with van der Waals surface area (Å²) in [7, 11) is -3.21. The molecule has 0 aromatic heterocycles. The second-order valence-corrected chi connectivity index (χ2v) is 10.6. The normalized spacial score (nSPS) is 19.4. The number of aliphatic hydroxyl groups excluding tert-OH is 1. The molecule has 6 nitrogen and oxygen atoms in total. The lowest BCUT2D eigenvalue weighted by molar-refractivity contribution is -0.127. The van der Waals surface area contributed by atoms with Gasteiger partial charge in [0.2, 0.25) is 15.9 Å². The first kappa shape index (κ1) is 23.8. The first-order chi connectivity index (χ1) is 13.7. The summed E-state index contributed by atoms with van der Waals surface area (Å²) in [5.41, 5.74) is 0.650. The standard InChI is InChI=1S/C22H36N2O4S/c1-4-5-15-29(27,28)24-13-11-20(12-14-24)21(26)23-17-22(3,18(2)25)16-19-9-7-6-8-10-19/h6-10,18,20,25H,4-5,11-17H2,1-3H3,(H,23,26). The highest BCUT2D eigenvalue weighted by atomic mass is 32.2. The van der Waals surface area contributed by atoms with Crippen molar-refractivity contribution < 1.29 is 18.3 Å². The molecule has 0 radical (unpaired) electrons. The number of nitrogens with one attached hydrogen (secondary N) is 1. The van der Waals surface area contributed by atoms with Crippen LogP contribution in [0.3, 0.4) is 0 Å². The van der Waals surface area contributed by atoms with E-state index in [1.165, 1.54) is 4.31 Å². The van der Waals surface area contributed by atoms with E-state index in [0.29, 0.717) is 45.3 Å². The molecule has 0 saturated carbocycles. The van der Waals surface area contributed by atoms with Gasteiger partial charge in [0.1, 0.15) is 0 Å². The van der Waals surface area contributed by atoms with Crippen molar-refractivity contribution in [2.45, 2.75) is 59.0 Å². The number of hydrogen-bond acceptors (Lipinski definition) is 4. The van der Waals surface area contributed by atoms with Crippen LogP contribution >= 0.6 is 0 Å². The van der Waals surface area contributed by atoms with Crippen LogP contribution in [0.15, 0.2) is 30.3 Å². The Kier molecular flexibility index (Phi) is 8.67. The molecule has 1 amide bonds. The minimum Gasteiger partial charge on any atom is -0.393 e. The zero-order chi connectivity index (χ0) is 21.5. The fourth-order valence-electron chi connectivity index (χ4n) is 3.71. The number of carbonyl (C=O) groups excluding carboxylic acids is 1. The SMILES string of the molecule is CCCCS(=O)(=O)N1CCC(C(=O)NCC(C)(Cc2ccccc2)C(C)O)CC1. The number of amides is 1. The van der Waals surface area contributed by atoms with Gasteiger partial charge in [-0.1, -0.05) is 50.6 Å². The van der Waals surface area contributed by atoms with Crippen LogP contribution in [0.4, 0.5) is 0 Å². The van der Waals surface area contributed by atoms with Gasteiger partial charge in [0, 0.05) is 31.0 Å². The molecule has 1 fully saturated rings. The molecule has 0 aliphatic carbocycles. The zero-order valence-corrected chi connectivity index (χ0v) is 18.7. The molecule has 7 heteroatoms. The van der Waals surface area contributed by atoms with Crippen LogP contribution < -0.4 is 5.32 Å². The van der Waals surface area contributed by atoms with Crippen molar-refractivity contribution in [3.05, 3.63) is 35.9 Å². The molecule has 0 spiro atoms. The highest BCUT2D eigenvalue weighted by Crippen LogP contribution is 2.27. The Morgan fingerprint density at radius 3 is 2.45 bits per heavy atom. The Labute approximate surface area is 175 Å². The Morgan fingerprint density at radius 1 is 1.28 bits per heavy atom. The first-order valence-corrected chi connectivity index (χ1v) is 12.3. The maximum Gasteiger partial charge on any atom is 0.223 e. The van der Waals surface area contributed by atoms with Gasteiger partial charge in [0.15, 0.2) is 0 Å². The summed E-state index contributed by atoms with van der Waals surface area (Å²) in [4.78, 5) is 12.7. The molecule has 1 aromatic carbocycles. The Hall–Kier alpha value is -1.44. The molecule has 0 bridgehead atoms. The van der Waals surface area contributed by atoms with Gasteiger partial charge in [-0.3, -0.25) is 4.79 Å². The lowest BCUT2D eigenvalue weighted by Crippen LogP contribution is -2.48. The van der Waals surface area contributed by atoms with Crippen molar-refractivity contribution in [2.75, 3.05) is 25.4 Å². The first-order valence-electron chi connectivity index (χ1n) is 10.7. The summed E-state index contributed by atoms with van der Waals surface area (Å²) in [6.07, 6.45) is 2.70. The molecule has 164 valence electrons. The summed E-state index contributed by atoms with van der Waals surface area (Å²) in [6.45, 7) is 6.91. The van der Waals surface area contributed by atoms with Gasteiger partial charge < -0.3 is 10.4 Å². The highest BCUT2D eigenvalue weighted by Gasteiger charge is 2.34. The number of aliphatic hydroxyl groups is 1. The van der Waals surface area contributed by atoms with Gasteiger partial charge in [-0.25, -0.2) is 12.7 Å². The fraction of sp³-hybridized carbons (Fsp3) is 0.682. The summed E-state index contributed by atoms with van der Waals surface area (Å²) >= 11 is 0. The summed E-state index contributed by atoms with van der Waals surface area (Å²) < 4.78 is 26.2. The van der Waals surface area contributed by atoms with Gasteiger partial charge in [0.05, 0.1) is 11.9 Å². The minimum atomic E-state index is -3.21. The number of carbonyl (C=O) groups is 1. The highest BCUT2D eigenvalue weighted by molar-refractivity contribution is 7.89. The van der Waals surface area contributed by atoms with Crippen molar-refractivity contribution in [2.24, 2.45) is 11.3 Å². The van der Waals surface area contributed by atoms with E-state index >= 15 is 0 Å². The average Bonchev–Trinajstić information content (AvgIpc) is 2.71. The molecule has 1 aromatic rings. The fourth-order valence-corrected chi connectivity index (χ4v) is 5.38. The van der Waals surface area contributed by atoms with E-state index in [-0.39, 0.29) is 17.6 Å². The van der Waals surface area contributed by atoms with Crippen LogP contribution in [0.2, 0.25) is 0 Å². The molecule has 2 atom stereocenters. The molecule has 2 N–H and O–H groups in total. The van der Waals surface area contributed by atoms with E-state index in [9.17, 15) is 18.3 Å². The van der Waals surface area contributed by atoms with Crippen molar-refractivity contribution in [3.63, 3.8) is 0 Å². The summed E-state index contributed by atoms with van der Waals surface area (Å²) in [5.74, 6) is -0.0368. The van der Waals surface area contributed by atoms with E-state index in [1.54, 1.807) is 6.92 Å². The quantitative estimate of drug-likeness (QED) is 0.604. The molecule has 2 unspecified atom stereocenters. The van der Waals surface area contributed by atoms with Crippen LogP contribution in [0.1, 0.15) is 52.0 Å². The molecule has 2 rings (SSSR count). The predicted octanol–water partition coefficient (Wildman–Crippen LogP) is 2.57. The maximum atomic E-state index is 12.7. The van der Waals surface area contributed by atoms with Gasteiger partial charge >= 0.3 is 0 Å². The van der Waals surface area contributed by atoms with Gasteiger partial charge in [-0.15, -0.1) is 0 Å². The lowest BCUT2D eigenvalue weighted by Gasteiger charge is -2.35. The van der Waals surface area contributed by atoms with Crippen LogP contribution in [0, 0.1) is 11.3 Å². The van der Waals surface area contributed by atoms with Crippen LogP contribution in [-0.2, 0) is 21.2 Å². The third kappa shape index (κ3) is 6.79. The number of hydrogen-bond donors (Lipinski definition) is 2. The van der Waals surface area contributed by atoms with Crippen LogP contribution in [-0.4, -0.2) is 55.2 Å². The molecule has 1 aliphatic heterocycles. The second-order valence-electron chi connectivity index (χ2n) is 8.55. The molecule has 29 heavy (non-hydrogen) atoms.